The zero-order valence-electron chi connectivity index (χ0n) is 15.9. The lowest BCUT2D eigenvalue weighted by Gasteiger charge is -2.36. The first-order chi connectivity index (χ1) is 11.1. The van der Waals surface area contributed by atoms with E-state index in [1.807, 2.05) is 0 Å². The molecule has 1 amide bonds. The molecule has 3 nitrogen and oxygen atoms in total. The first-order valence-electron chi connectivity index (χ1n) is 10.2. The molecule has 0 spiro atoms. The standard InChI is InChI=1S/C20H40N2O/c1-4-5-6-7-8-9-10-11-12-13-14-15-20(23)22-16-18(2)21-19(3)17-22/h18-19,21H,4-17H2,1-3H3. The average Bonchev–Trinajstić information content (AvgIpc) is 2.51. The van der Waals surface area contributed by atoms with Crippen LogP contribution in [-0.2, 0) is 4.79 Å². The fourth-order valence-corrected chi connectivity index (χ4v) is 3.63. The fourth-order valence-electron chi connectivity index (χ4n) is 3.63. The molecule has 3 heteroatoms. The third kappa shape index (κ3) is 10.0. The van der Waals surface area contributed by atoms with Crippen molar-refractivity contribution in [2.45, 2.75) is 110 Å². The smallest absolute Gasteiger partial charge is 0.222 e. The number of nitrogens with one attached hydrogen (secondary N) is 1. The molecular weight excluding hydrogens is 284 g/mol. The Hall–Kier alpha value is -0.570. The van der Waals surface area contributed by atoms with E-state index in [1.165, 1.54) is 64.2 Å². The van der Waals surface area contributed by atoms with Gasteiger partial charge >= 0.3 is 0 Å². The van der Waals surface area contributed by atoms with Crippen LogP contribution in [-0.4, -0.2) is 36.0 Å². The van der Waals surface area contributed by atoms with E-state index >= 15 is 0 Å². The number of carbonyl (C=O) groups is 1. The SMILES string of the molecule is CCCCCCCCCCCCCC(=O)N1CC(C)NC(C)C1. The van der Waals surface area contributed by atoms with Gasteiger partial charge in [0.1, 0.15) is 0 Å². The van der Waals surface area contributed by atoms with Gasteiger partial charge in [-0.2, -0.15) is 0 Å². The highest BCUT2D eigenvalue weighted by Gasteiger charge is 2.23. The molecule has 1 aliphatic heterocycles. The molecule has 1 fully saturated rings. The second kappa shape index (κ2) is 12.8. The second-order valence-corrected chi connectivity index (χ2v) is 7.55. The summed E-state index contributed by atoms with van der Waals surface area (Å²) in [6.07, 6.45) is 15.5. The minimum absolute atomic E-state index is 0.362. The van der Waals surface area contributed by atoms with E-state index in [4.69, 9.17) is 0 Å². The zero-order chi connectivity index (χ0) is 16.9. The fraction of sp³-hybridized carbons (Fsp3) is 0.950. The molecule has 1 aliphatic rings. The summed E-state index contributed by atoms with van der Waals surface area (Å²) < 4.78 is 0. The summed E-state index contributed by atoms with van der Waals surface area (Å²) in [5, 5.41) is 3.48. The maximum atomic E-state index is 12.2. The van der Waals surface area contributed by atoms with Crippen LogP contribution in [0.5, 0.6) is 0 Å². The summed E-state index contributed by atoms with van der Waals surface area (Å²) in [6, 6.07) is 0.861. The number of rotatable bonds is 12. The van der Waals surface area contributed by atoms with Crippen LogP contribution in [0, 0.1) is 0 Å². The van der Waals surface area contributed by atoms with E-state index < -0.39 is 0 Å². The van der Waals surface area contributed by atoms with Gasteiger partial charge in [0, 0.05) is 31.6 Å². The van der Waals surface area contributed by atoms with Crippen molar-refractivity contribution >= 4 is 5.91 Å². The van der Waals surface area contributed by atoms with Gasteiger partial charge in [-0.1, -0.05) is 71.1 Å². The van der Waals surface area contributed by atoms with Crippen molar-refractivity contribution in [2.75, 3.05) is 13.1 Å². The van der Waals surface area contributed by atoms with Crippen LogP contribution in [0.1, 0.15) is 97.8 Å². The first kappa shape index (κ1) is 20.5. The number of hydrogen-bond donors (Lipinski definition) is 1. The zero-order valence-corrected chi connectivity index (χ0v) is 15.9. The average molecular weight is 325 g/mol. The molecule has 0 aromatic carbocycles. The number of carbonyl (C=O) groups excluding carboxylic acids is 1. The molecular formula is C20H40N2O. The third-order valence-electron chi connectivity index (χ3n) is 4.90. The Morgan fingerprint density at radius 1 is 0.826 bits per heavy atom. The number of unbranched alkanes of at least 4 members (excludes halogenated alkanes) is 10. The normalized spacial score (nSPS) is 21.6. The van der Waals surface area contributed by atoms with Gasteiger partial charge in [-0.05, 0) is 20.3 Å². The van der Waals surface area contributed by atoms with E-state index in [-0.39, 0.29) is 0 Å². The summed E-state index contributed by atoms with van der Waals surface area (Å²) in [5.74, 6) is 0.362. The Morgan fingerprint density at radius 2 is 1.26 bits per heavy atom. The second-order valence-electron chi connectivity index (χ2n) is 7.55. The molecule has 1 N–H and O–H groups in total. The minimum Gasteiger partial charge on any atom is -0.340 e. The summed E-state index contributed by atoms with van der Waals surface area (Å²) in [4.78, 5) is 14.3. The molecule has 2 atom stereocenters. The quantitative estimate of drug-likeness (QED) is 0.518. The highest BCUT2D eigenvalue weighted by Crippen LogP contribution is 2.13. The highest BCUT2D eigenvalue weighted by molar-refractivity contribution is 5.76. The van der Waals surface area contributed by atoms with Gasteiger partial charge in [0.2, 0.25) is 5.91 Å². The van der Waals surface area contributed by atoms with Crippen LogP contribution in [0.4, 0.5) is 0 Å². The van der Waals surface area contributed by atoms with Gasteiger partial charge in [0.25, 0.3) is 0 Å². The molecule has 0 aromatic heterocycles. The Balaban J connectivity index is 1.91. The van der Waals surface area contributed by atoms with Crippen LogP contribution in [0.3, 0.4) is 0 Å². The van der Waals surface area contributed by atoms with Gasteiger partial charge in [0.15, 0.2) is 0 Å². The van der Waals surface area contributed by atoms with Crippen molar-refractivity contribution in [3.63, 3.8) is 0 Å². The summed E-state index contributed by atoms with van der Waals surface area (Å²) in [5.41, 5.74) is 0. The topological polar surface area (TPSA) is 32.3 Å². The van der Waals surface area contributed by atoms with E-state index in [0.717, 1.165) is 25.9 Å². The maximum Gasteiger partial charge on any atom is 0.222 e. The number of piperazine rings is 1. The lowest BCUT2D eigenvalue weighted by molar-refractivity contribution is -0.133. The van der Waals surface area contributed by atoms with Crippen LogP contribution < -0.4 is 5.32 Å². The molecule has 2 unspecified atom stereocenters. The number of amides is 1. The molecule has 0 aliphatic carbocycles. The molecule has 0 saturated carbocycles. The molecule has 0 aromatic rings. The first-order valence-corrected chi connectivity index (χ1v) is 10.2. The van der Waals surface area contributed by atoms with Gasteiger partial charge in [-0.15, -0.1) is 0 Å². The van der Waals surface area contributed by atoms with E-state index in [9.17, 15) is 4.79 Å². The Kier molecular flexibility index (Phi) is 11.4. The van der Waals surface area contributed by atoms with E-state index in [0.29, 0.717) is 18.0 Å². The molecule has 1 heterocycles. The van der Waals surface area contributed by atoms with Crippen molar-refractivity contribution in [3.05, 3.63) is 0 Å². The number of hydrogen-bond acceptors (Lipinski definition) is 2. The van der Waals surface area contributed by atoms with Crippen molar-refractivity contribution in [2.24, 2.45) is 0 Å². The highest BCUT2D eigenvalue weighted by atomic mass is 16.2. The molecule has 1 rings (SSSR count). The van der Waals surface area contributed by atoms with Crippen molar-refractivity contribution in [1.82, 2.24) is 10.2 Å². The predicted molar refractivity (Wildman–Crippen MR) is 99.7 cm³/mol. The monoisotopic (exact) mass is 324 g/mol. The van der Waals surface area contributed by atoms with Gasteiger partial charge in [0.05, 0.1) is 0 Å². The van der Waals surface area contributed by atoms with Crippen LogP contribution >= 0.6 is 0 Å². The minimum atomic E-state index is 0.362. The van der Waals surface area contributed by atoms with Gasteiger partial charge in [-0.25, -0.2) is 0 Å². The lowest BCUT2D eigenvalue weighted by atomic mass is 10.0. The third-order valence-corrected chi connectivity index (χ3v) is 4.90. The molecule has 0 bridgehead atoms. The lowest BCUT2D eigenvalue weighted by Crippen LogP contribution is -2.55. The summed E-state index contributed by atoms with van der Waals surface area (Å²) in [7, 11) is 0. The van der Waals surface area contributed by atoms with Gasteiger partial charge < -0.3 is 10.2 Å². The van der Waals surface area contributed by atoms with E-state index in [1.54, 1.807) is 0 Å². The molecule has 136 valence electrons. The summed E-state index contributed by atoms with van der Waals surface area (Å²) >= 11 is 0. The van der Waals surface area contributed by atoms with Crippen molar-refractivity contribution in [3.8, 4) is 0 Å². The Bertz CT molecular complexity index is 296. The molecule has 0 radical (unpaired) electrons. The molecule has 23 heavy (non-hydrogen) atoms. The van der Waals surface area contributed by atoms with Crippen LogP contribution in [0.25, 0.3) is 0 Å². The predicted octanol–water partition coefficient (Wildman–Crippen LogP) is 4.90. The van der Waals surface area contributed by atoms with Crippen LogP contribution in [0.15, 0.2) is 0 Å². The Labute approximate surface area is 144 Å². The van der Waals surface area contributed by atoms with Crippen LogP contribution in [0.2, 0.25) is 0 Å². The van der Waals surface area contributed by atoms with E-state index in [2.05, 4.69) is 31.0 Å². The number of nitrogens with zero attached hydrogens (tertiary/aromatic N) is 1. The molecule has 1 saturated heterocycles. The Morgan fingerprint density at radius 3 is 1.74 bits per heavy atom. The van der Waals surface area contributed by atoms with Gasteiger partial charge in [-0.3, -0.25) is 4.79 Å². The largest absolute Gasteiger partial charge is 0.340 e. The maximum absolute atomic E-state index is 12.2. The van der Waals surface area contributed by atoms with Crippen molar-refractivity contribution < 1.29 is 4.79 Å². The summed E-state index contributed by atoms with van der Waals surface area (Å²) in [6.45, 7) is 8.35. The van der Waals surface area contributed by atoms with Crippen molar-refractivity contribution in [1.29, 1.82) is 0 Å².